The third-order valence-corrected chi connectivity index (χ3v) is 5.84. The monoisotopic (exact) mass is 454 g/mol. The first-order chi connectivity index (χ1) is 15.9. The molecular formula is C28H38O5. The molecule has 0 heterocycles. The topological polar surface area (TPSA) is 76.0 Å². The highest BCUT2D eigenvalue weighted by Crippen LogP contribution is 2.34. The second kappa shape index (κ2) is 13.8. The molecular weight excluding hydrogens is 416 g/mol. The van der Waals surface area contributed by atoms with E-state index in [0.717, 1.165) is 48.1 Å². The van der Waals surface area contributed by atoms with E-state index >= 15 is 0 Å². The van der Waals surface area contributed by atoms with Crippen LogP contribution in [0.2, 0.25) is 0 Å². The van der Waals surface area contributed by atoms with Gasteiger partial charge in [0, 0.05) is 30.3 Å². The minimum Gasteiger partial charge on any atom is -0.489 e. The number of rotatable bonds is 14. The number of hydrogen-bond acceptors (Lipinski definition) is 5. The number of aryl methyl sites for hydroxylation is 1. The summed E-state index contributed by atoms with van der Waals surface area (Å²) in [6.45, 7) is 10.0. The lowest BCUT2D eigenvalue weighted by Gasteiger charge is -2.17. The minimum atomic E-state index is -0.413. The zero-order valence-corrected chi connectivity index (χ0v) is 20.2. The van der Waals surface area contributed by atoms with E-state index in [1.165, 1.54) is 5.56 Å². The van der Waals surface area contributed by atoms with Crippen LogP contribution < -0.4 is 4.74 Å². The van der Waals surface area contributed by atoms with Gasteiger partial charge in [-0.1, -0.05) is 63.2 Å². The number of benzene rings is 2. The van der Waals surface area contributed by atoms with Crippen LogP contribution in [-0.4, -0.2) is 42.6 Å². The van der Waals surface area contributed by atoms with E-state index in [4.69, 9.17) is 9.47 Å². The average Bonchev–Trinajstić information content (AvgIpc) is 2.82. The van der Waals surface area contributed by atoms with Crippen LogP contribution in [0.5, 0.6) is 5.75 Å². The zero-order chi connectivity index (χ0) is 24.2. The number of esters is 1. The first-order valence-corrected chi connectivity index (χ1v) is 11.8. The minimum absolute atomic E-state index is 0.000234. The van der Waals surface area contributed by atoms with E-state index in [-0.39, 0.29) is 32.3 Å². The molecule has 0 aliphatic heterocycles. The summed E-state index contributed by atoms with van der Waals surface area (Å²) in [7, 11) is 0. The summed E-state index contributed by atoms with van der Waals surface area (Å²) in [4.78, 5) is 11.6. The van der Waals surface area contributed by atoms with Crippen LogP contribution in [0, 0.1) is 5.92 Å². The van der Waals surface area contributed by atoms with E-state index in [1.54, 1.807) is 6.92 Å². The van der Waals surface area contributed by atoms with Crippen LogP contribution in [0.3, 0.4) is 0 Å². The molecule has 0 saturated heterocycles. The summed E-state index contributed by atoms with van der Waals surface area (Å²) < 4.78 is 11.2. The van der Waals surface area contributed by atoms with Crippen LogP contribution in [0.15, 0.2) is 54.6 Å². The molecule has 0 spiro atoms. The van der Waals surface area contributed by atoms with Crippen molar-refractivity contribution in [3.63, 3.8) is 0 Å². The summed E-state index contributed by atoms with van der Waals surface area (Å²) in [6, 6.07) is 14.6. The Morgan fingerprint density at radius 2 is 1.73 bits per heavy atom. The van der Waals surface area contributed by atoms with Crippen molar-refractivity contribution in [1.29, 1.82) is 0 Å². The van der Waals surface area contributed by atoms with Crippen LogP contribution in [0.25, 0.3) is 11.1 Å². The molecule has 1 atom stereocenters. The zero-order valence-electron chi connectivity index (χ0n) is 20.2. The van der Waals surface area contributed by atoms with Crippen molar-refractivity contribution in [1.82, 2.24) is 0 Å². The van der Waals surface area contributed by atoms with Gasteiger partial charge in [0.2, 0.25) is 0 Å². The molecule has 0 fully saturated rings. The van der Waals surface area contributed by atoms with Gasteiger partial charge >= 0.3 is 5.97 Å². The van der Waals surface area contributed by atoms with Crippen molar-refractivity contribution in [2.45, 2.75) is 52.4 Å². The highest BCUT2D eigenvalue weighted by Gasteiger charge is 2.13. The molecule has 2 N–H and O–H groups in total. The number of aliphatic hydroxyl groups is 2. The van der Waals surface area contributed by atoms with Gasteiger partial charge in [0.25, 0.3) is 0 Å². The van der Waals surface area contributed by atoms with Crippen LogP contribution in [-0.2, 0) is 16.0 Å². The number of ether oxygens (including phenoxy) is 2. The first-order valence-electron chi connectivity index (χ1n) is 11.8. The maximum absolute atomic E-state index is 11.6. The van der Waals surface area contributed by atoms with Gasteiger partial charge in [0.1, 0.15) is 19.0 Å². The molecule has 0 saturated carbocycles. The molecule has 5 heteroatoms. The van der Waals surface area contributed by atoms with E-state index in [0.29, 0.717) is 11.5 Å². The van der Waals surface area contributed by atoms with Gasteiger partial charge in [-0.05, 0) is 54.9 Å². The number of aliphatic hydroxyl groups excluding tert-OH is 2. The standard InChI is InChI=1S/C28H38O5/c1-5-6-21(4)25-13-14-26(27(17-25)32-15-16-33-28(31)20(2)3)24-11-9-22(10-12-24)7-8-23(18-29)19-30/h9-14,17,21,23,29-30H,2,5-8,15-16,18-19H2,1,3-4H3. The van der Waals surface area contributed by atoms with Gasteiger partial charge in [0.15, 0.2) is 0 Å². The smallest absolute Gasteiger partial charge is 0.333 e. The second-order valence-electron chi connectivity index (χ2n) is 8.68. The molecule has 0 aromatic heterocycles. The second-order valence-corrected chi connectivity index (χ2v) is 8.68. The van der Waals surface area contributed by atoms with Gasteiger partial charge in [0.05, 0.1) is 0 Å². The fourth-order valence-electron chi connectivity index (χ4n) is 3.67. The van der Waals surface area contributed by atoms with Crippen molar-refractivity contribution < 1.29 is 24.5 Å². The molecule has 2 rings (SSSR count). The summed E-state index contributed by atoms with van der Waals surface area (Å²) in [5.74, 6) is 0.710. The molecule has 1 unspecified atom stereocenters. The van der Waals surface area contributed by atoms with Gasteiger partial charge in [-0.3, -0.25) is 0 Å². The third kappa shape index (κ3) is 8.34. The lowest BCUT2D eigenvalue weighted by atomic mass is 9.93. The van der Waals surface area contributed by atoms with E-state index in [9.17, 15) is 15.0 Å². The van der Waals surface area contributed by atoms with Gasteiger partial charge in [-0.15, -0.1) is 0 Å². The van der Waals surface area contributed by atoms with Gasteiger partial charge < -0.3 is 19.7 Å². The van der Waals surface area contributed by atoms with Gasteiger partial charge in [-0.2, -0.15) is 0 Å². The maximum Gasteiger partial charge on any atom is 0.333 e. The molecule has 2 aromatic rings. The molecule has 0 radical (unpaired) electrons. The normalized spacial score (nSPS) is 11.9. The average molecular weight is 455 g/mol. The third-order valence-electron chi connectivity index (χ3n) is 5.84. The van der Waals surface area contributed by atoms with Crippen molar-refractivity contribution in [2.24, 2.45) is 5.92 Å². The number of carbonyl (C=O) groups excluding carboxylic acids is 1. The Hall–Kier alpha value is -2.63. The number of carbonyl (C=O) groups is 1. The molecule has 0 aliphatic rings. The van der Waals surface area contributed by atoms with E-state index in [2.05, 4.69) is 62.9 Å². The molecule has 2 aromatic carbocycles. The first kappa shape index (κ1) is 26.6. The van der Waals surface area contributed by atoms with Crippen LogP contribution in [0.1, 0.15) is 57.1 Å². The Morgan fingerprint density at radius 3 is 2.33 bits per heavy atom. The Balaban J connectivity index is 2.17. The largest absolute Gasteiger partial charge is 0.489 e. The fourth-order valence-corrected chi connectivity index (χ4v) is 3.67. The summed E-state index contributed by atoms with van der Waals surface area (Å²) in [6.07, 6.45) is 3.77. The highest BCUT2D eigenvalue weighted by molar-refractivity contribution is 5.86. The summed E-state index contributed by atoms with van der Waals surface area (Å²) in [5.41, 5.74) is 4.79. The lowest BCUT2D eigenvalue weighted by Crippen LogP contribution is -2.13. The predicted molar refractivity (Wildman–Crippen MR) is 132 cm³/mol. The van der Waals surface area contributed by atoms with Crippen LogP contribution in [0.4, 0.5) is 0 Å². The Bertz CT molecular complexity index is 884. The van der Waals surface area contributed by atoms with Gasteiger partial charge in [-0.25, -0.2) is 4.79 Å². The summed E-state index contributed by atoms with van der Waals surface area (Å²) >= 11 is 0. The fraction of sp³-hybridized carbons (Fsp3) is 0.464. The molecule has 0 bridgehead atoms. The van der Waals surface area contributed by atoms with Crippen molar-refractivity contribution in [3.8, 4) is 16.9 Å². The SMILES string of the molecule is C=C(C)C(=O)OCCOc1cc(C(C)CCC)ccc1-c1ccc(CCC(CO)CO)cc1. The molecule has 0 aliphatic carbocycles. The Morgan fingerprint density at radius 1 is 1.03 bits per heavy atom. The predicted octanol–water partition coefficient (Wildman–Crippen LogP) is 5.29. The molecule has 0 amide bonds. The van der Waals surface area contributed by atoms with Crippen molar-refractivity contribution in [2.75, 3.05) is 26.4 Å². The molecule has 33 heavy (non-hydrogen) atoms. The lowest BCUT2D eigenvalue weighted by molar-refractivity contribution is -0.139. The van der Waals surface area contributed by atoms with E-state index < -0.39 is 5.97 Å². The molecule has 180 valence electrons. The maximum atomic E-state index is 11.6. The van der Waals surface area contributed by atoms with Crippen molar-refractivity contribution in [3.05, 3.63) is 65.7 Å². The number of hydrogen-bond donors (Lipinski definition) is 2. The quantitative estimate of drug-likeness (QED) is 0.230. The van der Waals surface area contributed by atoms with E-state index in [1.807, 2.05) is 0 Å². The highest BCUT2D eigenvalue weighted by atomic mass is 16.6. The van der Waals surface area contributed by atoms with Crippen molar-refractivity contribution >= 4 is 5.97 Å². The molecule has 5 nitrogen and oxygen atoms in total. The van der Waals surface area contributed by atoms with Crippen LogP contribution >= 0.6 is 0 Å². The summed E-state index contributed by atoms with van der Waals surface area (Å²) in [5, 5.41) is 18.5. The Kier molecular flexibility index (Phi) is 11.1. The Labute approximate surface area is 198 Å².